The summed E-state index contributed by atoms with van der Waals surface area (Å²) < 4.78 is 0.629. The molecule has 10 heteroatoms. The molecule has 1 heterocycles. The van der Waals surface area contributed by atoms with E-state index < -0.39 is 0 Å². The Morgan fingerprint density at radius 2 is 1.67 bits per heavy atom. The fourth-order valence-electron chi connectivity index (χ4n) is 3.90. The van der Waals surface area contributed by atoms with Crippen LogP contribution in [-0.4, -0.2) is 33.7 Å². The summed E-state index contributed by atoms with van der Waals surface area (Å²) in [6.45, 7) is 3.66. The molecule has 3 N–H and O–H groups in total. The summed E-state index contributed by atoms with van der Waals surface area (Å²) in [5, 5.41) is 17.0. The third-order valence-corrected chi connectivity index (χ3v) is 7.61. The Balaban J connectivity index is 1.39. The monoisotopic (exact) mass is 489 g/mol. The van der Waals surface area contributed by atoms with Crippen LogP contribution in [0.1, 0.15) is 58.8 Å². The number of unbranched alkanes of at least 4 members (excludes halogenated alkanes) is 1. The van der Waals surface area contributed by atoms with Crippen molar-refractivity contribution in [3.05, 3.63) is 24.3 Å². The lowest BCUT2D eigenvalue weighted by Gasteiger charge is -2.27. The van der Waals surface area contributed by atoms with E-state index in [2.05, 4.69) is 33.1 Å². The van der Waals surface area contributed by atoms with Crippen LogP contribution >= 0.6 is 23.1 Å². The first-order valence-corrected chi connectivity index (χ1v) is 13.2. The van der Waals surface area contributed by atoms with Crippen molar-refractivity contribution >= 4 is 57.3 Å². The van der Waals surface area contributed by atoms with Gasteiger partial charge in [0.2, 0.25) is 22.9 Å². The quantitative estimate of drug-likeness (QED) is 0.314. The van der Waals surface area contributed by atoms with Crippen molar-refractivity contribution in [1.82, 2.24) is 10.2 Å². The Labute approximate surface area is 202 Å². The number of hydrogen-bond donors (Lipinski definition) is 3. The van der Waals surface area contributed by atoms with Gasteiger partial charge in [-0.3, -0.25) is 14.4 Å². The van der Waals surface area contributed by atoms with Crippen molar-refractivity contribution in [3.63, 3.8) is 0 Å². The van der Waals surface area contributed by atoms with Gasteiger partial charge in [-0.25, -0.2) is 0 Å². The summed E-state index contributed by atoms with van der Waals surface area (Å²) >= 11 is 2.56. The molecule has 1 aliphatic carbocycles. The zero-order valence-electron chi connectivity index (χ0n) is 19.1. The van der Waals surface area contributed by atoms with Crippen molar-refractivity contribution in [3.8, 4) is 0 Å². The Morgan fingerprint density at radius 3 is 2.30 bits per heavy atom. The lowest BCUT2D eigenvalue weighted by Crippen LogP contribution is -2.27. The Bertz CT molecular complexity index is 940. The number of rotatable bonds is 10. The summed E-state index contributed by atoms with van der Waals surface area (Å²) in [5.41, 5.74) is 1.31. The van der Waals surface area contributed by atoms with Gasteiger partial charge in [-0.15, -0.1) is 10.2 Å². The molecule has 0 bridgehead atoms. The molecule has 1 aromatic carbocycles. The number of nitrogens with one attached hydrogen (secondary N) is 3. The minimum absolute atomic E-state index is 0.0251. The molecule has 178 valence electrons. The standard InChI is InChI=1S/C23H31N5O3S2/c1-3-4-5-16-6-8-17(9-7-16)21(31)26-22-27-28-23(33-22)32-14-20(30)25-19-12-10-18(11-13-19)24-15(2)29/h10-13,16-17H,3-9,14H2,1-2H3,(H,24,29)(H,25,30)(H,26,27,31). The number of thioether (sulfide) groups is 1. The highest BCUT2D eigenvalue weighted by molar-refractivity contribution is 8.01. The van der Waals surface area contributed by atoms with Gasteiger partial charge in [-0.1, -0.05) is 49.3 Å². The third kappa shape index (κ3) is 8.43. The molecule has 3 amide bonds. The molecule has 8 nitrogen and oxygen atoms in total. The maximum absolute atomic E-state index is 12.6. The minimum Gasteiger partial charge on any atom is -0.326 e. The molecule has 1 aliphatic rings. The summed E-state index contributed by atoms with van der Waals surface area (Å²) in [6, 6.07) is 6.90. The van der Waals surface area contributed by atoms with Gasteiger partial charge in [0.25, 0.3) is 0 Å². The molecular weight excluding hydrogens is 458 g/mol. The molecular formula is C23H31N5O3S2. The number of nitrogens with zero attached hydrogens (tertiary/aromatic N) is 2. The van der Waals surface area contributed by atoms with E-state index in [4.69, 9.17) is 0 Å². The Hall–Kier alpha value is -2.46. The van der Waals surface area contributed by atoms with Crippen LogP contribution in [0.2, 0.25) is 0 Å². The summed E-state index contributed by atoms with van der Waals surface area (Å²) in [4.78, 5) is 35.9. The van der Waals surface area contributed by atoms with Crippen molar-refractivity contribution in [2.75, 3.05) is 21.7 Å². The number of anilines is 3. The molecule has 0 aliphatic heterocycles. The average Bonchev–Trinajstić information content (AvgIpc) is 3.25. The zero-order valence-corrected chi connectivity index (χ0v) is 20.7. The SMILES string of the molecule is CCCCC1CCC(C(=O)Nc2nnc(SCC(=O)Nc3ccc(NC(C)=O)cc3)s2)CC1. The fraction of sp³-hybridized carbons (Fsp3) is 0.522. The number of carbonyl (C=O) groups is 3. The Kier molecular flexibility index (Phi) is 9.68. The molecule has 1 aromatic heterocycles. The lowest BCUT2D eigenvalue weighted by atomic mass is 9.79. The molecule has 0 radical (unpaired) electrons. The van der Waals surface area contributed by atoms with Crippen LogP contribution < -0.4 is 16.0 Å². The van der Waals surface area contributed by atoms with E-state index in [1.54, 1.807) is 24.3 Å². The molecule has 2 aromatic rings. The molecule has 1 saturated carbocycles. The molecule has 0 spiro atoms. The lowest BCUT2D eigenvalue weighted by molar-refractivity contribution is -0.121. The number of amides is 3. The highest BCUT2D eigenvalue weighted by Gasteiger charge is 2.26. The molecule has 0 saturated heterocycles. The molecule has 0 unspecified atom stereocenters. The summed E-state index contributed by atoms with van der Waals surface area (Å²) in [6.07, 6.45) is 7.90. The van der Waals surface area contributed by atoms with Crippen molar-refractivity contribution in [2.45, 2.75) is 63.1 Å². The molecule has 0 atom stereocenters. The van der Waals surface area contributed by atoms with Crippen LogP contribution in [0.4, 0.5) is 16.5 Å². The second-order valence-corrected chi connectivity index (χ2v) is 10.5. The van der Waals surface area contributed by atoms with Crippen molar-refractivity contribution in [1.29, 1.82) is 0 Å². The van der Waals surface area contributed by atoms with E-state index in [0.29, 0.717) is 20.8 Å². The predicted octanol–water partition coefficient (Wildman–Crippen LogP) is 5.16. The molecule has 3 rings (SSSR count). The van der Waals surface area contributed by atoms with Gasteiger partial charge in [-0.2, -0.15) is 0 Å². The van der Waals surface area contributed by atoms with E-state index in [1.807, 2.05) is 0 Å². The highest BCUT2D eigenvalue weighted by atomic mass is 32.2. The second kappa shape index (κ2) is 12.7. The van der Waals surface area contributed by atoms with Crippen LogP contribution in [0.15, 0.2) is 28.6 Å². The predicted molar refractivity (Wildman–Crippen MR) is 134 cm³/mol. The topological polar surface area (TPSA) is 113 Å². The fourth-order valence-corrected chi connectivity index (χ4v) is 5.45. The first-order valence-electron chi connectivity index (χ1n) is 11.4. The van der Waals surface area contributed by atoms with E-state index in [0.717, 1.165) is 31.6 Å². The van der Waals surface area contributed by atoms with Crippen LogP contribution in [0.25, 0.3) is 0 Å². The number of carbonyl (C=O) groups excluding carboxylic acids is 3. The molecule has 1 fully saturated rings. The molecule has 33 heavy (non-hydrogen) atoms. The van der Waals surface area contributed by atoms with Gasteiger partial charge in [0.1, 0.15) is 0 Å². The van der Waals surface area contributed by atoms with Crippen LogP contribution in [-0.2, 0) is 14.4 Å². The summed E-state index contributed by atoms with van der Waals surface area (Å²) in [7, 11) is 0. The van der Waals surface area contributed by atoms with Crippen LogP contribution in [0, 0.1) is 11.8 Å². The average molecular weight is 490 g/mol. The van der Waals surface area contributed by atoms with Gasteiger partial charge in [0.05, 0.1) is 5.75 Å². The number of aromatic nitrogens is 2. The van der Waals surface area contributed by atoms with E-state index in [-0.39, 0.29) is 29.4 Å². The zero-order chi connectivity index (χ0) is 23.6. The van der Waals surface area contributed by atoms with Crippen LogP contribution in [0.3, 0.4) is 0 Å². The largest absolute Gasteiger partial charge is 0.326 e. The number of benzene rings is 1. The third-order valence-electron chi connectivity index (χ3n) is 5.64. The first kappa shape index (κ1) is 25.2. The van der Waals surface area contributed by atoms with Crippen molar-refractivity contribution < 1.29 is 14.4 Å². The smallest absolute Gasteiger partial charge is 0.234 e. The van der Waals surface area contributed by atoms with Gasteiger partial charge in [0.15, 0.2) is 4.34 Å². The van der Waals surface area contributed by atoms with Gasteiger partial charge >= 0.3 is 0 Å². The van der Waals surface area contributed by atoms with Gasteiger partial charge in [0, 0.05) is 24.2 Å². The van der Waals surface area contributed by atoms with Crippen LogP contribution in [0.5, 0.6) is 0 Å². The van der Waals surface area contributed by atoms with Crippen molar-refractivity contribution in [2.24, 2.45) is 11.8 Å². The second-order valence-electron chi connectivity index (χ2n) is 8.32. The van der Waals surface area contributed by atoms with Gasteiger partial charge in [-0.05, 0) is 55.9 Å². The summed E-state index contributed by atoms with van der Waals surface area (Å²) in [5.74, 6) is 0.693. The number of hydrogen-bond acceptors (Lipinski definition) is 7. The normalized spacial score (nSPS) is 17.9. The highest BCUT2D eigenvalue weighted by Crippen LogP contribution is 2.33. The minimum atomic E-state index is -0.173. The van der Waals surface area contributed by atoms with E-state index in [1.165, 1.54) is 49.3 Å². The maximum atomic E-state index is 12.6. The van der Waals surface area contributed by atoms with Gasteiger partial charge < -0.3 is 16.0 Å². The van der Waals surface area contributed by atoms with E-state index >= 15 is 0 Å². The van der Waals surface area contributed by atoms with E-state index in [9.17, 15) is 14.4 Å². The first-order chi connectivity index (χ1) is 15.9. The Morgan fingerprint density at radius 1 is 1.00 bits per heavy atom. The maximum Gasteiger partial charge on any atom is 0.234 e.